The highest BCUT2D eigenvalue weighted by Crippen LogP contribution is 2.43. The molecule has 0 bridgehead atoms. The molecule has 2 rings (SSSR count). The lowest BCUT2D eigenvalue weighted by atomic mass is 9.64. The molecular weight excluding hydrogens is 292 g/mol. The predicted octanol–water partition coefficient (Wildman–Crippen LogP) is 5.56. The highest BCUT2D eigenvalue weighted by Gasteiger charge is 2.36. The van der Waals surface area contributed by atoms with Crippen molar-refractivity contribution in [2.75, 3.05) is 0 Å². The normalized spacial score (nSPS) is 11.1. The molecule has 0 aliphatic heterocycles. The molecule has 0 amide bonds. The van der Waals surface area contributed by atoms with Gasteiger partial charge in [-0.05, 0) is 47.7 Å². The molecule has 0 N–H and O–H groups in total. The van der Waals surface area contributed by atoms with Crippen molar-refractivity contribution in [2.24, 2.45) is 5.92 Å². The zero-order valence-electron chi connectivity index (χ0n) is 14.7. The zero-order valence-corrected chi connectivity index (χ0v) is 14.7. The van der Waals surface area contributed by atoms with Crippen LogP contribution in [0.15, 0.2) is 48.5 Å². The van der Waals surface area contributed by atoms with Crippen LogP contribution in [0.1, 0.15) is 62.3 Å². The number of nitrogens with zero attached hydrogens (tertiary/aromatic N) is 2. The SMILES string of the molecule is CCCCC(c1ccc(C#N)cc1)(c1ccc(C#N)cc1)C(C)C. The maximum Gasteiger partial charge on any atom is 0.0991 e. The fraction of sp³-hybridized carbons (Fsp3) is 0.364. The molecule has 2 aromatic carbocycles. The molecular formula is C22H24N2. The highest BCUT2D eigenvalue weighted by molar-refractivity contribution is 5.45. The van der Waals surface area contributed by atoms with Crippen molar-refractivity contribution in [3.63, 3.8) is 0 Å². The number of unbranched alkanes of at least 4 members (excludes halogenated alkanes) is 1. The molecule has 2 nitrogen and oxygen atoms in total. The summed E-state index contributed by atoms with van der Waals surface area (Å²) >= 11 is 0. The molecule has 2 aromatic rings. The Morgan fingerprint density at radius 2 is 1.25 bits per heavy atom. The van der Waals surface area contributed by atoms with Gasteiger partial charge in [0.25, 0.3) is 0 Å². The first kappa shape index (κ1) is 17.8. The van der Waals surface area contributed by atoms with Crippen molar-refractivity contribution in [3.05, 3.63) is 70.8 Å². The van der Waals surface area contributed by atoms with E-state index in [1.165, 1.54) is 11.1 Å². The lowest BCUT2D eigenvalue weighted by molar-refractivity contribution is 0.335. The maximum absolute atomic E-state index is 9.08. The number of nitriles is 2. The van der Waals surface area contributed by atoms with Gasteiger partial charge in [-0.2, -0.15) is 10.5 Å². The number of hydrogen-bond acceptors (Lipinski definition) is 2. The average Bonchev–Trinajstić information content (AvgIpc) is 2.63. The van der Waals surface area contributed by atoms with E-state index in [9.17, 15) is 0 Å². The summed E-state index contributed by atoms with van der Waals surface area (Å²) in [5, 5.41) is 18.2. The first-order chi connectivity index (χ1) is 11.6. The lowest BCUT2D eigenvalue weighted by Gasteiger charge is -2.39. The molecule has 0 unspecified atom stereocenters. The summed E-state index contributed by atoms with van der Waals surface area (Å²) < 4.78 is 0. The Balaban J connectivity index is 2.61. The molecule has 0 aliphatic carbocycles. The molecule has 0 aromatic heterocycles. The van der Waals surface area contributed by atoms with E-state index in [0.717, 1.165) is 19.3 Å². The molecule has 0 heterocycles. The third kappa shape index (κ3) is 3.34. The van der Waals surface area contributed by atoms with E-state index < -0.39 is 0 Å². The molecule has 24 heavy (non-hydrogen) atoms. The highest BCUT2D eigenvalue weighted by atomic mass is 14.4. The van der Waals surface area contributed by atoms with Gasteiger partial charge in [-0.15, -0.1) is 0 Å². The molecule has 0 saturated carbocycles. The quantitative estimate of drug-likeness (QED) is 0.700. The van der Waals surface area contributed by atoms with Gasteiger partial charge in [0.15, 0.2) is 0 Å². The molecule has 122 valence electrons. The van der Waals surface area contributed by atoms with Crippen molar-refractivity contribution in [3.8, 4) is 12.1 Å². The van der Waals surface area contributed by atoms with Crippen LogP contribution >= 0.6 is 0 Å². The summed E-state index contributed by atoms with van der Waals surface area (Å²) in [6.45, 7) is 6.72. The summed E-state index contributed by atoms with van der Waals surface area (Å²) in [5.41, 5.74) is 3.76. The van der Waals surface area contributed by atoms with Crippen LogP contribution in [-0.2, 0) is 5.41 Å². The minimum Gasteiger partial charge on any atom is -0.192 e. The second-order valence-electron chi connectivity index (χ2n) is 6.61. The van der Waals surface area contributed by atoms with Gasteiger partial charge in [0, 0.05) is 5.41 Å². The Bertz CT molecular complexity index is 683. The second-order valence-corrected chi connectivity index (χ2v) is 6.61. The Hall–Kier alpha value is -2.58. The molecule has 0 saturated heterocycles. The van der Waals surface area contributed by atoms with Gasteiger partial charge in [0.2, 0.25) is 0 Å². The van der Waals surface area contributed by atoms with Crippen LogP contribution in [0.3, 0.4) is 0 Å². The van der Waals surface area contributed by atoms with Crippen LogP contribution in [0.5, 0.6) is 0 Å². The topological polar surface area (TPSA) is 47.6 Å². The Morgan fingerprint density at radius 1 is 0.833 bits per heavy atom. The second kappa shape index (κ2) is 7.80. The van der Waals surface area contributed by atoms with Crippen LogP contribution in [0.4, 0.5) is 0 Å². The van der Waals surface area contributed by atoms with Crippen LogP contribution < -0.4 is 0 Å². The van der Waals surface area contributed by atoms with Crippen molar-refractivity contribution < 1.29 is 0 Å². The molecule has 0 spiro atoms. The zero-order chi connectivity index (χ0) is 17.6. The smallest absolute Gasteiger partial charge is 0.0991 e. The van der Waals surface area contributed by atoms with Crippen molar-refractivity contribution in [1.82, 2.24) is 0 Å². The lowest BCUT2D eigenvalue weighted by Crippen LogP contribution is -2.34. The van der Waals surface area contributed by atoms with E-state index in [1.807, 2.05) is 24.3 Å². The fourth-order valence-electron chi connectivity index (χ4n) is 3.55. The van der Waals surface area contributed by atoms with E-state index in [1.54, 1.807) is 0 Å². The van der Waals surface area contributed by atoms with Gasteiger partial charge >= 0.3 is 0 Å². The third-order valence-electron chi connectivity index (χ3n) is 4.97. The van der Waals surface area contributed by atoms with E-state index in [-0.39, 0.29) is 5.41 Å². The Morgan fingerprint density at radius 3 is 1.54 bits per heavy atom. The summed E-state index contributed by atoms with van der Waals surface area (Å²) in [7, 11) is 0. The monoisotopic (exact) mass is 316 g/mol. The summed E-state index contributed by atoms with van der Waals surface area (Å²) in [4.78, 5) is 0. The van der Waals surface area contributed by atoms with Crippen molar-refractivity contribution >= 4 is 0 Å². The minimum absolute atomic E-state index is 0.0992. The van der Waals surface area contributed by atoms with Crippen LogP contribution in [0.2, 0.25) is 0 Å². The van der Waals surface area contributed by atoms with Gasteiger partial charge in [0.1, 0.15) is 0 Å². The average molecular weight is 316 g/mol. The van der Waals surface area contributed by atoms with Gasteiger partial charge < -0.3 is 0 Å². The Kier molecular flexibility index (Phi) is 5.78. The fourth-order valence-corrected chi connectivity index (χ4v) is 3.55. The van der Waals surface area contributed by atoms with Crippen LogP contribution in [0, 0.1) is 28.6 Å². The summed E-state index contributed by atoms with van der Waals surface area (Å²) in [5.74, 6) is 0.407. The molecule has 0 fully saturated rings. The number of rotatable bonds is 6. The first-order valence-corrected chi connectivity index (χ1v) is 8.59. The summed E-state index contributed by atoms with van der Waals surface area (Å²) in [6, 6.07) is 20.4. The van der Waals surface area contributed by atoms with Gasteiger partial charge in [-0.1, -0.05) is 57.9 Å². The molecule has 0 aliphatic rings. The molecule has 0 radical (unpaired) electrons. The Labute approximate surface area is 145 Å². The van der Waals surface area contributed by atoms with Gasteiger partial charge in [-0.3, -0.25) is 0 Å². The largest absolute Gasteiger partial charge is 0.192 e. The van der Waals surface area contributed by atoms with E-state index in [4.69, 9.17) is 10.5 Å². The van der Waals surface area contributed by atoms with Crippen molar-refractivity contribution in [1.29, 1.82) is 10.5 Å². The molecule has 0 atom stereocenters. The predicted molar refractivity (Wildman–Crippen MR) is 97.5 cm³/mol. The third-order valence-corrected chi connectivity index (χ3v) is 4.97. The maximum atomic E-state index is 9.08. The van der Waals surface area contributed by atoms with Gasteiger partial charge in [-0.25, -0.2) is 0 Å². The van der Waals surface area contributed by atoms with Crippen molar-refractivity contribution in [2.45, 2.75) is 45.4 Å². The van der Waals surface area contributed by atoms with E-state index >= 15 is 0 Å². The summed E-state index contributed by atoms with van der Waals surface area (Å²) in [6.07, 6.45) is 3.33. The minimum atomic E-state index is -0.0992. The van der Waals surface area contributed by atoms with E-state index in [0.29, 0.717) is 17.0 Å². The van der Waals surface area contributed by atoms with E-state index in [2.05, 4.69) is 57.2 Å². The first-order valence-electron chi connectivity index (χ1n) is 8.59. The van der Waals surface area contributed by atoms with Gasteiger partial charge in [0.05, 0.1) is 23.3 Å². The number of benzene rings is 2. The van der Waals surface area contributed by atoms with Crippen LogP contribution in [-0.4, -0.2) is 0 Å². The standard InChI is InChI=1S/C22H24N2/c1-4-5-14-22(17(2)3,20-10-6-18(15-23)7-11-20)21-12-8-19(16-24)9-13-21/h6-13,17H,4-5,14H2,1-3H3. The number of hydrogen-bond donors (Lipinski definition) is 0. The molecule has 2 heteroatoms. The van der Waals surface area contributed by atoms with Crippen LogP contribution in [0.25, 0.3) is 0 Å².